The summed E-state index contributed by atoms with van der Waals surface area (Å²) in [5.41, 5.74) is 7.34. The molecule has 0 aliphatic heterocycles. The maximum atomic E-state index is 5.02. The fourth-order valence-corrected chi connectivity index (χ4v) is 1.41. The first-order valence-electron chi connectivity index (χ1n) is 4.38. The Bertz CT molecular complexity index is 287. The molecule has 0 heterocycles. The average molecular weight is 415 g/mol. The SMILES string of the molecule is Cc1c(C)c(C)[c-](C)c1C.[Cl][Rh-2]([Cl])([Cl])([Cl])[Cl]. The van der Waals surface area contributed by atoms with E-state index in [4.69, 9.17) is 48.5 Å². The van der Waals surface area contributed by atoms with Gasteiger partial charge in [-0.25, -0.2) is 0 Å². The number of hydrogen-bond acceptors (Lipinski definition) is 0. The van der Waals surface area contributed by atoms with Crippen molar-refractivity contribution in [2.45, 2.75) is 34.6 Å². The monoisotopic (exact) mass is 413 g/mol. The molecule has 0 aliphatic rings. The first-order chi connectivity index (χ1) is 6.79. The zero-order valence-electron chi connectivity index (χ0n) is 9.72. The summed E-state index contributed by atoms with van der Waals surface area (Å²) < 4.78 is 0. The summed E-state index contributed by atoms with van der Waals surface area (Å²) in [6.45, 7) is 11.0. The Hall–Kier alpha value is 1.42. The van der Waals surface area contributed by atoms with Crippen LogP contribution in [0.5, 0.6) is 0 Å². The summed E-state index contributed by atoms with van der Waals surface area (Å²) in [5, 5.41) is 0. The normalized spacial score (nSPS) is 13.8. The van der Waals surface area contributed by atoms with Crippen LogP contribution in [0.3, 0.4) is 0 Å². The molecule has 16 heavy (non-hydrogen) atoms. The van der Waals surface area contributed by atoms with E-state index < -0.39 is 8.65 Å². The number of hydrogen-bond donors (Lipinski definition) is 0. The summed E-state index contributed by atoms with van der Waals surface area (Å²) in [4.78, 5) is 0. The summed E-state index contributed by atoms with van der Waals surface area (Å²) in [6.07, 6.45) is 0. The van der Waals surface area contributed by atoms with Crippen molar-refractivity contribution in [3.8, 4) is 0 Å². The van der Waals surface area contributed by atoms with Gasteiger partial charge in [0.1, 0.15) is 0 Å². The molecular weight excluding hydrogens is 400 g/mol. The van der Waals surface area contributed by atoms with E-state index in [-0.39, 0.29) is 0 Å². The molecule has 1 rings (SSSR count). The van der Waals surface area contributed by atoms with Crippen molar-refractivity contribution < 1.29 is 8.65 Å². The number of halogens is 5. The van der Waals surface area contributed by atoms with E-state index in [1.165, 1.54) is 27.8 Å². The molecule has 0 aliphatic carbocycles. The molecule has 0 saturated heterocycles. The van der Waals surface area contributed by atoms with Crippen LogP contribution < -0.4 is 0 Å². The van der Waals surface area contributed by atoms with Crippen LogP contribution in [0, 0.1) is 34.6 Å². The van der Waals surface area contributed by atoms with Crippen LogP contribution in [0.15, 0.2) is 0 Å². The van der Waals surface area contributed by atoms with Gasteiger partial charge in [-0.3, -0.25) is 0 Å². The van der Waals surface area contributed by atoms with Gasteiger partial charge < -0.3 is 0 Å². The molecule has 102 valence electrons. The van der Waals surface area contributed by atoms with E-state index in [2.05, 4.69) is 34.6 Å². The van der Waals surface area contributed by atoms with Gasteiger partial charge in [0.2, 0.25) is 0 Å². The molecule has 0 radical (unpaired) electrons. The van der Waals surface area contributed by atoms with E-state index in [1.807, 2.05) is 0 Å². The zero-order chi connectivity index (χ0) is 13.3. The second-order valence-corrected chi connectivity index (χ2v) is 28.5. The molecule has 0 N–H and O–H groups in total. The molecule has 0 saturated carbocycles. The first-order valence-corrected chi connectivity index (χ1v) is 14.9. The van der Waals surface area contributed by atoms with E-state index >= 15 is 0 Å². The third kappa shape index (κ3) is 6.99. The Morgan fingerprint density at radius 3 is 1.00 bits per heavy atom. The van der Waals surface area contributed by atoms with Crippen LogP contribution in [0.4, 0.5) is 0 Å². The number of rotatable bonds is 0. The van der Waals surface area contributed by atoms with Gasteiger partial charge in [0.05, 0.1) is 0 Å². The third-order valence-electron chi connectivity index (χ3n) is 2.81. The van der Waals surface area contributed by atoms with Gasteiger partial charge in [-0.2, -0.15) is 27.8 Å². The van der Waals surface area contributed by atoms with Gasteiger partial charge in [-0.1, -0.05) is 34.6 Å². The molecule has 1 aromatic carbocycles. The van der Waals surface area contributed by atoms with Gasteiger partial charge in [0.25, 0.3) is 0 Å². The van der Waals surface area contributed by atoms with Gasteiger partial charge in [0.15, 0.2) is 0 Å². The third-order valence-corrected chi connectivity index (χ3v) is 2.81. The van der Waals surface area contributed by atoms with Gasteiger partial charge in [-0.05, 0) is 0 Å². The molecule has 0 unspecified atom stereocenters. The quantitative estimate of drug-likeness (QED) is 0.340. The van der Waals surface area contributed by atoms with Crippen LogP contribution in [0.2, 0.25) is 0 Å². The maximum absolute atomic E-state index is 5.02. The fourth-order valence-electron chi connectivity index (χ4n) is 1.41. The molecule has 0 fully saturated rings. The van der Waals surface area contributed by atoms with Gasteiger partial charge >= 0.3 is 57.1 Å². The van der Waals surface area contributed by atoms with E-state index in [1.54, 1.807) is 0 Å². The topological polar surface area (TPSA) is 0 Å². The fraction of sp³-hybridized carbons (Fsp3) is 0.500. The van der Waals surface area contributed by atoms with Crippen molar-refractivity contribution in [3.63, 3.8) is 0 Å². The van der Waals surface area contributed by atoms with Crippen molar-refractivity contribution in [1.82, 2.24) is 0 Å². The molecule has 0 amide bonds. The van der Waals surface area contributed by atoms with Gasteiger partial charge in [-0.15, -0.1) is 0 Å². The van der Waals surface area contributed by atoms with E-state index in [9.17, 15) is 0 Å². The molecule has 0 aromatic heterocycles. The minimum absolute atomic E-state index is 1.47. The molecular formula is C10H15Cl5Rh-3. The predicted molar refractivity (Wildman–Crippen MR) is 75.0 cm³/mol. The van der Waals surface area contributed by atoms with E-state index in [0.29, 0.717) is 0 Å². The molecule has 0 bridgehead atoms. The molecule has 0 spiro atoms. The van der Waals surface area contributed by atoms with Crippen molar-refractivity contribution in [2.24, 2.45) is 0 Å². The van der Waals surface area contributed by atoms with Crippen LogP contribution in [-0.2, 0) is 8.65 Å². The Balaban J connectivity index is 0.000000325. The van der Waals surface area contributed by atoms with Crippen LogP contribution >= 0.6 is 48.5 Å². The Labute approximate surface area is 118 Å². The first kappa shape index (κ1) is 17.4. The van der Waals surface area contributed by atoms with Crippen molar-refractivity contribution >= 4 is 48.5 Å². The Morgan fingerprint density at radius 2 is 0.938 bits per heavy atom. The molecule has 6 heteroatoms. The summed E-state index contributed by atoms with van der Waals surface area (Å²) in [7, 11) is 21.0. The molecule has 0 nitrogen and oxygen atoms in total. The minimum atomic E-state index is -4.04. The Morgan fingerprint density at radius 1 is 0.750 bits per heavy atom. The zero-order valence-corrected chi connectivity index (χ0v) is 15.1. The predicted octanol–water partition coefficient (Wildman–Crippen LogP) is 6.39. The van der Waals surface area contributed by atoms with Crippen molar-refractivity contribution in [1.29, 1.82) is 0 Å². The second-order valence-electron chi connectivity index (χ2n) is 3.60. The van der Waals surface area contributed by atoms with Gasteiger partial charge in [0, 0.05) is 0 Å². The van der Waals surface area contributed by atoms with Crippen molar-refractivity contribution in [3.05, 3.63) is 27.8 Å². The molecule has 1 aromatic rings. The summed E-state index contributed by atoms with van der Waals surface area (Å²) in [5.74, 6) is 0. The summed E-state index contributed by atoms with van der Waals surface area (Å²) >= 11 is 0. The summed E-state index contributed by atoms with van der Waals surface area (Å²) in [6, 6.07) is 0. The van der Waals surface area contributed by atoms with Crippen LogP contribution in [0.1, 0.15) is 27.8 Å². The van der Waals surface area contributed by atoms with Crippen LogP contribution in [-0.4, -0.2) is 0 Å². The Kier molecular flexibility index (Phi) is 6.09. The van der Waals surface area contributed by atoms with Crippen LogP contribution in [0.25, 0.3) is 0 Å². The second kappa shape index (κ2) is 5.60. The van der Waals surface area contributed by atoms with Crippen molar-refractivity contribution in [2.75, 3.05) is 0 Å². The molecule has 0 atom stereocenters. The van der Waals surface area contributed by atoms with E-state index in [0.717, 1.165) is 0 Å². The standard InChI is InChI=1S/C10H15.5ClH.Rh/c1-6-7(2)9(4)10(5)8(6)3;;;;;;/h1-5H3;5*1H;/q-1;;;;;;+3/p-5. The average Bonchev–Trinajstić information content (AvgIpc) is 2.19.